The maximum atomic E-state index is 11.9. The van der Waals surface area contributed by atoms with Crippen LogP contribution in [0.4, 0.5) is 5.69 Å². The summed E-state index contributed by atoms with van der Waals surface area (Å²) in [6.07, 6.45) is 4.29. The molecule has 1 aromatic carbocycles. The number of rotatable bonds is 4. The Morgan fingerprint density at radius 3 is 2.86 bits per heavy atom. The van der Waals surface area contributed by atoms with Crippen LogP contribution in [0.5, 0.6) is 0 Å². The van der Waals surface area contributed by atoms with Crippen molar-refractivity contribution >= 4 is 35.2 Å². The topological polar surface area (TPSA) is 69.6 Å². The highest BCUT2D eigenvalue weighted by molar-refractivity contribution is 6.33. The van der Waals surface area contributed by atoms with Crippen molar-refractivity contribution < 1.29 is 14.7 Å². The predicted octanol–water partition coefficient (Wildman–Crippen LogP) is 2.15. The van der Waals surface area contributed by atoms with Gasteiger partial charge in [-0.05, 0) is 36.6 Å². The molecule has 1 atom stereocenters. The van der Waals surface area contributed by atoms with E-state index in [1.165, 1.54) is 6.08 Å². The summed E-state index contributed by atoms with van der Waals surface area (Å²) < 4.78 is 0. The standard InChI is InChI=1S/C15H17ClN2O3/c1-17-15(21)13-3-2-8-18(13)12-6-4-10(9-11(12)16)5-7-14(19)20/h4-7,9,13H,2-3,8H2,1H3,(H,17,21)(H,19,20)/b7-5+. The van der Waals surface area contributed by atoms with Crippen molar-refractivity contribution in [3.8, 4) is 0 Å². The number of benzene rings is 1. The fourth-order valence-corrected chi connectivity index (χ4v) is 2.82. The van der Waals surface area contributed by atoms with E-state index in [1.807, 2.05) is 11.0 Å². The first-order valence-electron chi connectivity index (χ1n) is 6.71. The Kier molecular flexibility index (Phi) is 4.85. The summed E-state index contributed by atoms with van der Waals surface area (Å²) in [5, 5.41) is 11.8. The number of likely N-dealkylation sites (N-methyl/N-ethyl adjacent to an activating group) is 1. The number of nitrogens with one attached hydrogen (secondary N) is 1. The number of nitrogens with zero attached hydrogens (tertiary/aromatic N) is 1. The summed E-state index contributed by atoms with van der Waals surface area (Å²) in [6.45, 7) is 0.780. The van der Waals surface area contributed by atoms with Gasteiger partial charge in [-0.2, -0.15) is 0 Å². The van der Waals surface area contributed by atoms with Gasteiger partial charge in [0.05, 0.1) is 10.7 Å². The van der Waals surface area contributed by atoms with Gasteiger partial charge in [-0.1, -0.05) is 17.7 Å². The zero-order valence-corrected chi connectivity index (χ0v) is 12.4. The lowest BCUT2D eigenvalue weighted by atomic mass is 10.1. The molecule has 1 unspecified atom stereocenters. The Morgan fingerprint density at radius 2 is 2.24 bits per heavy atom. The van der Waals surface area contributed by atoms with E-state index in [4.69, 9.17) is 16.7 Å². The molecule has 21 heavy (non-hydrogen) atoms. The summed E-state index contributed by atoms with van der Waals surface area (Å²) in [5.41, 5.74) is 1.51. The van der Waals surface area contributed by atoms with Gasteiger partial charge in [0.1, 0.15) is 6.04 Å². The minimum absolute atomic E-state index is 0.0154. The molecular formula is C15H17ClN2O3. The number of carboxylic acids is 1. The number of aliphatic carboxylic acids is 1. The van der Waals surface area contributed by atoms with E-state index in [0.717, 1.165) is 31.1 Å². The lowest BCUT2D eigenvalue weighted by molar-refractivity contribution is -0.131. The zero-order valence-electron chi connectivity index (χ0n) is 11.7. The summed E-state index contributed by atoms with van der Waals surface area (Å²) in [7, 11) is 1.63. The SMILES string of the molecule is CNC(=O)C1CCCN1c1ccc(/C=C/C(=O)O)cc1Cl. The van der Waals surface area contributed by atoms with Gasteiger partial charge in [-0.3, -0.25) is 4.79 Å². The maximum absolute atomic E-state index is 11.9. The van der Waals surface area contributed by atoms with Crippen LogP contribution in [0.1, 0.15) is 18.4 Å². The van der Waals surface area contributed by atoms with Crippen molar-refractivity contribution in [1.29, 1.82) is 0 Å². The quantitative estimate of drug-likeness (QED) is 0.836. The molecule has 0 radical (unpaired) electrons. The number of hydrogen-bond donors (Lipinski definition) is 2. The highest BCUT2D eigenvalue weighted by Gasteiger charge is 2.31. The summed E-state index contributed by atoms with van der Waals surface area (Å²) in [4.78, 5) is 24.4. The molecule has 1 aliphatic heterocycles. The molecule has 1 amide bonds. The molecule has 0 aliphatic carbocycles. The third-order valence-corrected chi connectivity index (χ3v) is 3.80. The van der Waals surface area contributed by atoms with Crippen LogP contribution in [0.25, 0.3) is 6.08 Å². The van der Waals surface area contributed by atoms with E-state index in [9.17, 15) is 9.59 Å². The normalized spacial score (nSPS) is 18.2. The minimum atomic E-state index is -1.01. The highest BCUT2D eigenvalue weighted by Crippen LogP contribution is 2.32. The minimum Gasteiger partial charge on any atom is -0.478 e. The van der Waals surface area contributed by atoms with Gasteiger partial charge in [0.2, 0.25) is 5.91 Å². The van der Waals surface area contributed by atoms with Crippen LogP contribution in [0.2, 0.25) is 5.02 Å². The smallest absolute Gasteiger partial charge is 0.328 e. The van der Waals surface area contributed by atoms with Crippen LogP contribution < -0.4 is 10.2 Å². The lowest BCUT2D eigenvalue weighted by Crippen LogP contribution is -2.42. The van der Waals surface area contributed by atoms with Crippen LogP contribution in [-0.4, -0.2) is 36.6 Å². The first-order chi connectivity index (χ1) is 10.0. The average molecular weight is 309 g/mol. The summed E-state index contributed by atoms with van der Waals surface area (Å²) in [6, 6.07) is 5.12. The molecule has 1 fully saturated rings. The molecule has 1 aromatic rings. The third kappa shape index (κ3) is 3.55. The Morgan fingerprint density at radius 1 is 1.48 bits per heavy atom. The van der Waals surface area contributed by atoms with E-state index in [2.05, 4.69) is 5.32 Å². The maximum Gasteiger partial charge on any atom is 0.328 e. The molecule has 0 saturated carbocycles. The Balaban J connectivity index is 2.24. The van der Waals surface area contributed by atoms with Crippen molar-refractivity contribution in [3.63, 3.8) is 0 Å². The first-order valence-corrected chi connectivity index (χ1v) is 7.09. The number of hydrogen-bond acceptors (Lipinski definition) is 3. The van der Waals surface area contributed by atoms with Gasteiger partial charge in [0, 0.05) is 19.7 Å². The van der Waals surface area contributed by atoms with Gasteiger partial charge >= 0.3 is 5.97 Å². The zero-order chi connectivity index (χ0) is 15.4. The lowest BCUT2D eigenvalue weighted by Gasteiger charge is -2.26. The first kappa shape index (κ1) is 15.4. The highest BCUT2D eigenvalue weighted by atomic mass is 35.5. The molecule has 2 rings (SSSR count). The molecule has 1 aliphatic rings. The van der Waals surface area contributed by atoms with E-state index in [-0.39, 0.29) is 11.9 Å². The number of halogens is 1. The fourth-order valence-electron chi connectivity index (χ4n) is 2.52. The number of carbonyl (C=O) groups excluding carboxylic acids is 1. The summed E-state index contributed by atoms with van der Waals surface area (Å²) >= 11 is 6.28. The van der Waals surface area contributed by atoms with Gasteiger partial charge < -0.3 is 15.3 Å². The predicted molar refractivity (Wildman–Crippen MR) is 82.6 cm³/mol. The van der Waals surface area contributed by atoms with Crippen molar-refractivity contribution in [1.82, 2.24) is 5.32 Å². The monoisotopic (exact) mass is 308 g/mol. The molecule has 6 heteroatoms. The van der Waals surface area contributed by atoms with Crippen LogP contribution in [0, 0.1) is 0 Å². The van der Waals surface area contributed by atoms with Crippen molar-refractivity contribution in [2.24, 2.45) is 0 Å². The molecule has 0 bridgehead atoms. The third-order valence-electron chi connectivity index (χ3n) is 3.50. The molecule has 112 valence electrons. The Hall–Kier alpha value is -2.01. The number of carboxylic acid groups (broad SMARTS) is 1. The molecular weight excluding hydrogens is 292 g/mol. The fraction of sp³-hybridized carbons (Fsp3) is 0.333. The molecule has 1 saturated heterocycles. The second-order valence-corrected chi connectivity index (χ2v) is 5.26. The molecule has 0 spiro atoms. The van der Waals surface area contributed by atoms with Crippen molar-refractivity contribution in [3.05, 3.63) is 34.9 Å². The second-order valence-electron chi connectivity index (χ2n) is 4.85. The van der Waals surface area contributed by atoms with E-state index in [1.54, 1.807) is 19.2 Å². The molecule has 1 heterocycles. The second kappa shape index (κ2) is 6.63. The van der Waals surface area contributed by atoms with E-state index < -0.39 is 5.97 Å². The summed E-state index contributed by atoms with van der Waals surface area (Å²) in [5.74, 6) is -1.02. The Labute approximate surface area is 128 Å². The van der Waals surface area contributed by atoms with Gasteiger partial charge in [-0.15, -0.1) is 0 Å². The molecule has 5 nitrogen and oxygen atoms in total. The van der Waals surface area contributed by atoms with E-state index >= 15 is 0 Å². The number of amides is 1. The number of anilines is 1. The molecule has 0 aromatic heterocycles. The van der Waals surface area contributed by atoms with Crippen LogP contribution in [-0.2, 0) is 9.59 Å². The Bertz CT molecular complexity index is 586. The average Bonchev–Trinajstić information content (AvgIpc) is 2.93. The van der Waals surface area contributed by atoms with Gasteiger partial charge in [-0.25, -0.2) is 4.79 Å². The van der Waals surface area contributed by atoms with E-state index in [0.29, 0.717) is 10.6 Å². The van der Waals surface area contributed by atoms with Gasteiger partial charge in [0.15, 0.2) is 0 Å². The largest absolute Gasteiger partial charge is 0.478 e. The number of carbonyl (C=O) groups is 2. The van der Waals surface area contributed by atoms with Gasteiger partial charge in [0.25, 0.3) is 0 Å². The van der Waals surface area contributed by atoms with Crippen LogP contribution in [0.3, 0.4) is 0 Å². The van der Waals surface area contributed by atoms with Crippen LogP contribution >= 0.6 is 11.6 Å². The van der Waals surface area contributed by atoms with Crippen LogP contribution in [0.15, 0.2) is 24.3 Å². The van der Waals surface area contributed by atoms with Crippen molar-refractivity contribution in [2.75, 3.05) is 18.5 Å². The molecule has 2 N–H and O–H groups in total. The van der Waals surface area contributed by atoms with Crippen molar-refractivity contribution in [2.45, 2.75) is 18.9 Å².